The maximum atomic E-state index is 12.5. The molecule has 1 aromatic heterocycles. The third kappa shape index (κ3) is 5.23. The molecule has 0 spiro atoms. The number of hydrogen-bond acceptors (Lipinski definition) is 4. The lowest BCUT2D eigenvalue weighted by atomic mass is 9.87. The first kappa shape index (κ1) is 21.0. The Morgan fingerprint density at radius 3 is 2.03 bits per heavy atom. The highest BCUT2D eigenvalue weighted by molar-refractivity contribution is 6.04. The van der Waals surface area contributed by atoms with Crippen molar-refractivity contribution in [2.75, 3.05) is 5.32 Å². The van der Waals surface area contributed by atoms with E-state index in [0.717, 1.165) is 0 Å². The number of hydrogen-bond donors (Lipinski definition) is 2. The summed E-state index contributed by atoms with van der Waals surface area (Å²) in [5.41, 5.74) is 5.87. The third-order valence-corrected chi connectivity index (χ3v) is 4.62. The largest absolute Gasteiger partial charge is 0.463 e. The minimum absolute atomic E-state index is 0.0337. The summed E-state index contributed by atoms with van der Waals surface area (Å²) in [7, 11) is 0. The Labute approximate surface area is 176 Å². The molecule has 0 fully saturated rings. The Bertz CT molecular complexity index is 1040. The van der Waals surface area contributed by atoms with Gasteiger partial charge in [-0.15, -0.1) is 0 Å². The molecule has 6 nitrogen and oxygen atoms in total. The smallest absolute Gasteiger partial charge is 0.271 e. The van der Waals surface area contributed by atoms with Crippen LogP contribution >= 0.6 is 0 Å². The van der Waals surface area contributed by atoms with Gasteiger partial charge in [0.1, 0.15) is 11.5 Å². The molecule has 30 heavy (non-hydrogen) atoms. The molecular weight excluding hydrogens is 378 g/mol. The van der Waals surface area contributed by atoms with Gasteiger partial charge >= 0.3 is 0 Å². The molecular formula is C24H25N3O3. The Morgan fingerprint density at radius 1 is 0.867 bits per heavy atom. The van der Waals surface area contributed by atoms with Crippen molar-refractivity contribution >= 4 is 23.2 Å². The molecule has 0 radical (unpaired) electrons. The Morgan fingerprint density at radius 2 is 1.47 bits per heavy atom. The van der Waals surface area contributed by atoms with Crippen molar-refractivity contribution in [1.82, 2.24) is 5.43 Å². The minimum atomic E-state index is -0.350. The first-order valence-electron chi connectivity index (χ1n) is 9.64. The number of hydrazone groups is 1. The predicted molar refractivity (Wildman–Crippen MR) is 118 cm³/mol. The maximum absolute atomic E-state index is 12.5. The number of anilines is 1. The number of nitrogens with one attached hydrogen (secondary N) is 2. The van der Waals surface area contributed by atoms with Gasteiger partial charge in [-0.1, -0.05) is 32.9 Å². The third-order valence-electron chi connectivity index (χ3n) is 4.62. The first-order valence-corrected chi connectivity index (χ1v) is 9.64. The number of rotatable bonds is 5. The molecule has 0 bridgehead atoms. The van der Waals surface area contributed by atoms with E-state index in [4.69, 9.17) is 4.42 Å². The Hall–Kier alpha value is -3.67. The van der Waals surface area contributed by atoms with Gasteiger partial charge in [0.05, 0.1) is 6.26 Å². The molecule has 3 rings (SSSR count). The van der Waals surface area contributed by atoms with Gasteiger partial charge in [0.25, 0.3) is 11.8 Å². The van der Waals surface area contributed by atoms with Gasteiger partial charge in [-0.3, -0.25) is 9.59 Å². The summed E-state index contributed by atoms with van der Waals surface area (Å²) >= 11 is 0. The van der Waals surface area contributed by atoms with Gasteiger partial charge in [0.15, 0.2) is 0 Å². The van der Waals surface area contributed by atoms with Crippen molar-refractivity contribution in [2.45, 2.75) is 33.1 Å². The van der Waals surface area contributed by atoms with Crippen LogP contribution < -0.4 is 10.7 Å². The van der Waals surface area contributed by atoms with Gasteiger partial charge in [-0.2, -0.15) is 5.10 Å². The molecule has 0 aliphatic rings. The summed E-state index contributed by atoms with van der Waals surface area (Å²) < 4.78 is 5.22. The van der Waals surface area contributed by atoms with Crippen molar-refractivity contribution in [2.24, 2.45) is 5.10 Å². The number of carbonyl (C=O) groups excluding carboxylic acids is 2. The van der Waals surface area contributed by atoms with Crippen molar-refractivity contribution < 1.29 is 14.0 Å². The SMILES string of the molecule is C/C(=N\NC(=O)c1ccc(NC(=O)c2ccc(C(C)(C)C)cc2)cc1)c1ccco1. The van der Waals surface area contributed by atoms with Crippen molar-refractivity contribution in [3.05, 3.63) is 89.4 Å². The molecule has 3 aromatic rings. The number of nitrogens with zero attached hydrogens (tertiary/aromatic N) is 1. The van der Waals surface area contributed by atoms with Crippen LogP contribution in [0.4, 0.5) is 5.69 Å². The van der Waals surface area contributed by atoms with Crippen LogP contribution in [0.15, 0.2) is 76.4 Å². The second-order valence-corrected chi connectivity index (χ2v) is 7.97. The second kappa shape index (κ2) is 8.78. The topological polar surface area (TPSA) is 83.7 Å². The molecule has 2 N–H and O–H groups in total. The first-order chi connectivity index (χ1) is 14.2. The van der Waals surface area contributed by atoms with E-state index in [-0.39, 0.29) is 17.2 Å². The number of benzene rings is 2. The van der Waals surface area contributed by atoms with Crippen LogP contribution in [0, 0.1) is 0 Å². The highest BCUT2D eigenvalue weighted by Gasteiger charge is 2.14. The summed E-state index contributed by atoms with van der Waals surface area (Å²) in [5, 5.41) is 6.87. The molecule has 0 aliphatic carbocycles. The zero-order chi connectivity index (χ0) is 21.7. The monoisotopic (exact) mass is 403 g/mol. The van der Waals surface area contributed by atoms with Crippen molar-refractivity contribution in [1.29, 1.82) is 0 Å². The molecule has 0 aliphatic heterocycles. The standard InChI is InChI=1S/C24H25N3O3/c1-16(21-6-5-15-30-21)26-27-23(29)18-9-13-20(14-10-18)25-22(28)17-7-11-19(12-8-17)24(2,3)4/h5-15H,1-4H3,(H,25,28)(H,27,29)/b26-16+. The molecule has 2 amide bonds. The average Bonchev–Trinajstić information content (AvgIpc) is 3.27. The van der Waals surface area contributed by atoms with Gasteiger partial charge in [0, 0.05) is 16.8 Å². The van der Waals surface area contributed by atoms with Gasteiger partial charge < -0.3 is 9.73 Å². The molecule has 6 heteroatoms. The molecule has 0 unspecified atom stereocenters. The Kier molecular flexibility index (Phi) is 6.16. The van der Waals surface area contributed by atoms with Gasteiger partial charge in [0.2, 0.25) is 0 Å². The summed E-state index contributed by atoms with van der Waals surface area (Å²) in [4.78, 5) is 24.7. The summed E-state index contributed by atoms with van der Waals surface area (Å²) in [6.07, 6.45) is 1.54. The van der Waals surface area contributed by atoms with Crippen LogP contribution in [0.3, 0.4) is 0 Å². The fraction of sp³-hybridized carbons (Fsp3) is 0.208. The van der Waals surface area contributed by atoms with Crippen LogP contribution in [0.1, 0.15) is 59.7 Å². The fourth-order valence-corrected chi connectivity index (χ4v) is 2.77. The minimum Gasteiger partial charge on any atom is -0.463 e. The lowest BCUT2D eigenvalue weighted by Crippen LogP contribution is -2.19. The number of furan rings is 1. The van der Waals surface area contributed by atoms with Crippen LogP contribution in [0.2, 0.25) is 0 Å². The van der Waals surface area contributed by atoms with Crippen molar-refractivity contribution in [3.63, 3.8) is 0 Å². The summed E-state index contributed by atoms with van der Waals surface area (Å²) in [6.45, 7) is 8.13. The molecule has 2 aromatic carbocycles. The van der Waals surface area contributed by atoms with Crippen LogP contribution in [0.25, 0.3) is 0 Å². The number of amides is 2. The van der Waals surface area contributed by atoms with E-state index in [1.165, 1.54) is 5.56 Å². The highest BCUT2D eigenvalue weighted by Crippen LogP contribution is 2.22. The normalized spacial score (nSPS) is 11.8. The molecule has 154 valence electrons. The van der Waals surface area contributed by atoms with E-state index < -0.39 is 0 Å². The lowest BCUT2D eigenvalue weighted by molar-refractivity contribution is 0.0954. The fourth-order valence-electron chi connectivity index (χ4n) is 2.77. The van der Waals surface area contributed by atoms with E-state index in [9.17, 15) is 9.59 Å². The van der Waals surface area contributed by atoms with Crippen LogP contribution in [0.5, 0.6) is 0 Å². The molecule has 1 heterocycles. The quantitative estimate of drug-likeness (QED) is 0.465. The van der Waals surface area contributed by atoms with E-state index in [1.54, 1.807) is 49.6 Å². The second-order valence-electron chi connectivity index (χ2n) is 7.97. The Balaban J connectivity index is 1.60. The average molecular weight is 403 g/mol. The van der Waals surface area contributed by atoms with Gasteiger partial charge in [-0.25, -0.2) is 5.43 Å². The molecule has 0 saturated carbocycles. The van der Waals surface area contributed by atoms with E-state index in [2.05, 4.69) is 36.6 Å². The highest BCUT2D eigenvalue weighted by atomic mass is 16.3. The van der Waals surface area contributed by atoms with Gasteiger partial charge in [-0.05, 0) is 66.4 Å². The maximum Gasteiger partial charge on any atom is 0.271 e. The summed E-state index contributed by atoms with van der Waals surface area (Å²) in [6, 6.07) is 17.7. The van der Waals surface area contributed by atoms with E-state index in [1.807, 2.05) is 24.3 Å². The van der Waals surface area contributed by atoms with E-state index in [0.29, 0.717) is 28.3 Å². The molecule has 0 saturated heterocycles. The van der Waals surface area contributed by atoms with Crippen LogP contribution in [-0.4, -0.2) is 17.5 Å². The van der Waals surface area contributed by atoms with Crippen molar-refractivity contribution in [3.8, 4) is 0 Å². The zero-order valence-corrected chi connectivity index (χ0v) is 17.5. The molecule has 0 atom stereocenters. The predicted octanol–water partition coefficient (Wildman–Crippen LogP) is 4.98. The number of carbonyl (C=O) groups is 2. The lowest BCUT2D eigenvalue weighted by Gasteiger charge is -2.19. The van der Waals surface area contributed by atoms with E-state index >= 15 is 0 Å². The summed E-state index contributed by atoms with van der Waals surface area (Å²) in [5.74, 6) is 0.0341. The zero-order valence-electron chi connectivity index (χ0n) is 17.5. The van der Waals surface area contributed by atoms with Crippen LogP contribution in [-0.2, 0) is 5.41 Å².